The Morgan fingerprint density at radius 3 is 1.88 bits per heavy atom. The number of carbonyl (C=O) groups excluding carboxylic acids is 2. The minimum Gasteiger partial charge on any atom is -0.466 e. The van der Waals surface area contributed by atoms with Crippen LogP contribution in [0.2, 0.25) is 0 Å². The average Bonchev–Trinajstić information content (AvgIpc) is 2.18. The van der Waals surface area contributed by atoms with Crippen LogP contribution in [-0.4, -0.2) is 25.2 Å². The summed E-state index contributed by atoms with van der Waals surface area (Å²) >= 11 is 0. The SMILES string of the molecule is CCOC(=O)CC(CC#N)CC(=O)OCC. The molecule has 0 fully saturated rings. The Hall–Kier alpha value is -1.57. The third-order valence-corrected chi connectivity index (χ3v) is 1.90. The molecule has 0 unspecified atom stereocenters. The lowest BCUT2D eigenvalue weighted by molar-refractivity contribution is -0.146. The number of ether oxygens (including phenoxy) is 2. The van der Waals surface area contributed by atoms with E-state index in [1.165, 1.54) is 0 Å². The normalized spacial score (nSPS) is 9.62. The fraction of sp³-hybridized carbons (Fsp3) is 0.727. The largest absolute Gasteiger partial charge is 0.466 e. The van der Waals surface area contributed by atoms with E-state index < -0.39 is 0 Å². The van der Waals surface area contributed by atoms with Crippen LogP contribution >= 0.6 is 0 Å². The molecular weight excluding hydrogens is 210 g/mol. The fourth-order valence-electron chi connectivity index (χ4n) is 1.26. The van der Waals surface area contributed by atoms with Crippen molar-refractivity contribution in [2.45, 2.75) is 33.1 Å². The van der Waals surface area contributed by atoms with E-state index in [2.05, 4.69) is 0 Å². The van der Waals surface area contributed by atoms with Crippen LogP contribution in [0.4, 0.5) is 0 Å². The van der Waals surface area contributed by atoms with Gasteiger partial charge < -0.3 is 9.47 Å². The lowest BCUT2D eigenvalue weighted by atomic mass is 9.98. The molecule has 0 rings (SSSR count). The molecule has 0 spiro atoms. The van der Waals surface area contributed by atoms with Gasteiger partial charge in [0.1, 0.15) is 0 Å². The highest BCUT2D eigenvalue weighted by atomic mass is 16.5. The van der Waals surface area contributed by atoms with Gasteiger partial charge >= 0.3 is 11.9 Å². The second-order valence-corrected chi connectivity index (χ2v) is 3.25. The van der Waals surface area contributed by atoms with Crippen LogP contribution < -0.4 is 0 Å². The monoisotopic (exact) mass is 227 g/mol. The first-order valence-corrected chi connectivity index (χ1v) is 5.32. The topological polar surface area (TPSA) is 76.4 Å². The maximum atomic E-state index is 11.2. The summed E-state index contributed by atoms with van der Waals surface area (Å²) in [6.07, 6.45) is 0.318. The predicted molar refractivity (Wildman–Crippen MR) is 56.2 cm³/mol. The molecule has 90 valence electrons. The van der Waals surface area contributed by atoms with Crippen molar-refractivity contribution in [1.29, 1.82) is 5.26 Å². The molecule has 0 aliphatic rings. The number of nitrogens with zero attached hydrogens (tertiary/aromatic N) is 1. The first-order chi connectivity index (χ1) is 7.63. The van der Waals surface area contributed by atoms with Crippen LogP contribution in [-0.2, 0) is 19.1 Å². The zero-order valence-electron chi connectivity index (χ0n) is 9.69. The summed E-state index contributed by atoms with van der Waals surface area (Å²) in [6.45, 7) is 4.03. The van der Waals surface area contributed by atoms with E-state index in [1.54, 1.807) is 13.8 Å². The summed E-state index contributed by atoms with van der Waals surface area (Å²) in [7, 11) is 0. The van der Waals surface area contributed by atoms with Crippen LogP contribution in [0.1, 0.15) is 33.1 Å². The summed E-state index contributed by atoms with van der Waals surface area (Å²) in [5, 5.41) is 8.57. The molecule has 0 atom stereocenters. The molecular formula is C11H17NO4. The molecule has 5 heteroatoms. The Morgan fingerprint density at radius 2 is 1.56 bits per heavy atom. The zero-order chi connectivity index (χ0) is 12.4. The molecule has 0 amide bonds. The van der Waals surface area contributed by atoms with E-state index in [-0.39, 0.29) is 37.1 Å². The molecule has 0 aromatic carbocycles. The van der Waals surface area contributed by atoms with Crippen molar-refractivity contribution in [2.75, 3.05) is 13.2 Å². The van der Waals surface area contributed by atoms with Crippen LogP contribution in [0.25, 0.3) is 0 Å². The van der Waals surface area contributed by atoms with Crippen molar-refractivity contribution >= 4 is 11.9 Å². The van der Waals surface area contributed by atoms with Crippen molar-refractivity contribution in [2.24, 2.45) is 5.92 Å². The standard InChI is InChI=1S/C11H17NO4/c1-3-15-10(13)7-9(5-6-12)8-11(14)16-4-2/h9H,3-5,7-8H2,1-2H3. The molecule has 0 aromatic rings. The van der Waals surface area contributed by atoms with Gasteiger partial charge in [-0.05, 0) is 19.8 Å². The van der Waals surface area contributed by atoms with Crippen LogP contribution in [0, 0.1) is 17.2 Å². The van der Waals surface area contributed by atoms with Gasteiger partial charge in [0.2, 0.25) is 0 Å². The van der Waals surface area contributed by atoms with Gasteiger partial charge in [0, 0.05) is 19.3 Å². The van der Waals surface area contributed by atoms with Crippen molar-refractivity contribution in [3.8, 4) is 6.07 Å². The highest BCUT2D eigenvalue weighted by Gasteiger charge is 2.18. The molecule has 0 N–H and O–H groups in total. The summed E-state index contributed by atoms with van der Waals surface area (Å²) in [5.74, 6) is -1.08. The minimum absolute atomic E-state index is 0.0835. The molecule has 16 heavy (non-hydrogen) atoms. The van der Waals surface area contributed by atoms with E-state index in [9.17, 15) is 9.59 Å². The first-order valence-electron chi connectivity index (χ1n) is 5.32. The van der Waals surface area contributed by atoms with Crippen molar-refractivity contribution in [3.05, 3.63) is 0 Å². The molecule has 0 heterocycles. The Bertz CT molecular complexity index is 250. The minimum atomic E-state index is -0.382. The quantitative estimate of drug-likeness (QED) is 0.615. The molecule has 0 saturated heterocycles. The third-order valence-electron chi connectivity index (χ3n) is 1.90. The van der Waals surface area contributed by atoms with Crippen LogP contribution in [0.5, 0.6) is 0 Å². The summed E-state index contributed by atoms with van der Waals surface area (Å²) < 4.78 is 9.52. The van der Waals surface area contributed by atoms with Crippen molar-refractivity contribution in [3.63, 3.8) is 0 Å². The number of hydrogen-bond donors (Lipinski definition) is 0. The second kappa shape index (κ2) is 8.72. The Balaban J connectivity index is 4.11. The third kappa shape index (κ3) is 6.82. The van der Waals surface area contributed by atoms with Gasteiger partial charge in [0.15, 0.2) is 0 Å². The van der Waals surface area contributed by atoms with Gasteiger partial charge in [0.25, 0.3) is 0 Å². The Morgan fingerprint density at radius 1 is 1.12 bits per heavy atom. The van der Waals surface area contributed by atoms with Gasteiger partial charge in [0.05, 0.1) is 19.3 Å². The van der Waals surface area contributed by atoms with Crippen molar-refractivity contribution < 1.29 is 19.1 Å². The number of esters is 2. The second-order valence-electron chi connectivity index (χ2n) is 3.25. The zero-order valence-corrected chi connectivity index (χ0v) is 9.69. The maximum absolute atomic E-state index is 11.2. The molecule has 0 aliphatic heterocycles. The number of carbonyl (C=O) groups is 2. The summed E-state index contributed by atoms with van der Waals surface area (Å²) in [5.41, 5.74) is 0. The van der Waals surface area contributed by atoms with Crippen LogP contribution in [0.3, 0.4) is 0 Å². The molecule has 0 aromatic heterocycles. The van der Waals surface area contributed by atoms with Gasteiger partial charge in [-0.2, -0.15) is 5.26 Å². The van der Waals surface area contributed by atoms with E-state index in [0.717, 1.165) is 0 Å². The van der Waals surface area contributed by atoms with E-state index in [4.69, 9.17) is 14.7 Å². The molecule has 0 bridgehead atoms. The highest BCUT2D eigenvalue weighted by molar-refractivity contribution is 5.73. The number of hydrogen-bond acceptors (Lipinski definition) is 5. The van der Waals surface area contributed by atoms with E-state index in [1.807, 2.05) is 6.07 Å². The Kier molecular flexibility index (Phi) is 7.86. The van der Waals surface area contributed by atoms with Crippen molar-refractivity contribution in [1.82, 2.24) is 0 Å². The smallest absolute Gasteiger partial charge is 0.306 e. The summed E-state index contributed by atoms with van der Waals surface area (Å²) in [4.78, 5) is 22.4. The van der Waals surface area contributed by atoms with Gasteiger partial charge in [-0.15, -0.1) is 0 Å². The van der Waals surface area contributed by atoms with Crippen LogP contribution in [0.15, 0.2) is 0 Å². The lowest BCUT2D eigenvalue weighted by Crippen LogP contribution is -2.16. The van der Waals surface area contributed by atoms with Gasteiger partial charge in [-0.3, -0.25) is 9.59 Å². The molecule has 0 radical (unpaired) electrons. The highest BCUT2D eigenvalue weighted by Crippen LogP contribution is 2.14. The maximum Gasteiger partial charge on any atom is 0.306 e. The van der Waals surface area contributed by atoms with Gasteiger partial charge in [-0.25, -0.2) is 0 Å². The molecule has 5 nitrogen and oxygen atoms in total. The van der Waals surface area contributed by atoms with E-state index in [0.29, 0.717) is 13.2 Å². The average molecular weight is 227 g/mol. The first kappa shape index (κ1) is 14.4. The lowest BCUT2D eigenvalue weighted by Gasteiger charge is -2.11. The van der Waals surface area contributed by atoms with E-state index >= 15 is 0 Å². The predicted octanol–water partition coefficient (Wildman–Crippen LogP) is 1.42. The number of nitriles is 1. The summed E-state index contributed by atoms with van der Waals surface area (Å²) in [6, 6.07) is 1.95. The molecule has 0 saturated carbocycles. The van der Waals surface area contributed by atoms with Gasteiger partial charge in [-0.1, -0.05) is 0 Å². The number of rotatable bonds is 7. The Labute approximate surface area is 95.3 Å². The fourth-order valence-corrected chi connectivity index (χ4v) is 1.26. The molecule has 0 aliphatic carbocycles.